The molecule has 7 nitrogen and oxygen atoms in total. The van der Waals surface area contributed by atoms with E-state index in [2.05, 4.69) is 26.7 Å². The van der Waals surface area contributed by atoms with Crippen LogP contribution in [0.15, 0.2) is 71.1 Å². The Bertz CT molecular complexity index is 1250. The topological polar surface area (TPSA) is 85.7 Å². The monoisotopic (exact) mass is 419 g/mol. The summed E-state index contributed by atoms with van der Waals surface area (Å²) in [5.74, 6) is 2.58. The largest absolute Gasteiger partial charge is 0.485 e. The van der Waals surface area contributed by atoms with E-state index in [9.17, 15) is 4.79 Å². The van der Waals surface area contributed by atoms with Crippen LogP contribution in [0.1, 0.15) is 17.2 Å². The Kier molecular flexibility index (Phi) is 5.94. The molecule has 2 aromatic carbocycles. The van der Waals surface area contributed by atoms with Crippen molar-refractivity contribution in [3.63, 3.8) is 0 Å². The maximum Gasteiger partial charge on any atom is 0.258 e. The first-order chi connectivity index (χ1) is 14.7. The number of fused-ring (bicyclic) bond motifs is 1. The lowest BCUT2D eigenvalue weighted by atomic mass is 10.2. The molecule has 4 rings (SSSR count). The van der Waals surface area contributed by atoms with Crippen molar-refractivity contribution in [2.75, 3.05) is 0 Å². The number of allylic oxidation sites excluding steroid dienone is 1. The van der Waals surface area contributed by atoms with E-state index < -0.39 is 0 Å². The van der Waals surface area contributed by atoms with Crippen molar-refractivity contribution in [3.05, 3.63) is 88.8 Å². The van der Waals surface area contributed by atoms with Crippen LogP contribution in [-0.2, 0) is 18.9 Å². The summed E-state index contributed by atoms with van der Waals surface area (Å²) in [7, 11) is 0. The molecule has 0 atom stereocenters. The van der Waals surface area contributed by atoms with Crippen LogP contribution in [0.2, 0.25) is 0 Å². The molecule has 1 N–H and O–H groups in total. The zero-order chi connectivity index (χ0) is 20.9. The summed E-state index contributed by atoms with van der Waals surface area (Å²) in [5.41, 5.74) is 1.60. The van der Waals surface area contributed by atoms with E-state index in [1.807, 2.05) is 54.0 Å². The number of nitrogens with zero attached hydrogens (tertiary/aromatic N) is 4. The van der Waals surface area contributed by atoms with Crippen LogP contribution in [-0.4, -0.2) is 24.7 Å². The van der Waals surface area contributed by atoms with Gasteiger partial charge in [0.2, 0.25) is 0 Å². The minimum absolute atomic E-state index is 0.143. The van der Waals surface area contributed by atoms with Crippen molar-refractivity contribution in [1.82, 2.24) is 24.7 Å². The molecule has 2 heterocycles. The Morgan fingerprint density at radius 1 is 1.17 bits per heavy atom. The lowest BCUT2D eigenvalue weighted by Gasteiger charge is -2.10. The number of H-pyrrole nitrogens is 1. The van der Waals surface area contributed by atoms with E-state index in [0.29, 0.717) is 46.6 Å². The van der Waals surface area contributed by atoms with Gasteiger partial charge in [-0.2, -0.15) is 0 Å². The molecule has 0 amide bonds. The van der Waals surface area contributed by atoms with Crippen molar-refractivity contribution in [2.45, 2.75) is 31.0 Å². The van der Waals surface area contributed by atoms with E-state index in [-0.39, 0.29) is 5.56 Å². The number of hydrogen-bond acceptors (Lipinski definition) is 6. The number of para-hydroxylation sites is 2. The molecule has 30 heavy (non-hydrogen) atoms. The third-order valence-electron chi connectivity index (χ3n) is 4.56. The van der Waals surface area contributed by atoms with Gasteiger partial charge >= 0.3 is 0 Å². The number of rotatable bonds is 8. The number of aromatic amines is 1. The van der Waals surface area contributed by atoms with Gasteiger partial charge in [-0.05, 0) is 30.7 Å². The molecular weight excluding hydrogens is 398 g/mol. The minimum Gasteiger partial charge on any atom is -0.485 e. The molecule has 4 aromatic rings. The van der Waals surface area contributed by atoms with E-state index >= 15 is 0 Å². The van der Waals surface area contributed by atoms with E-state index in [4.69, 9.17) is 4.74 Å². The van der Waals surface area contributed by atoms with Crippen molar-refractivity contribution in [1.29, 1.82) is 0 Å². The Hall–Kier alpha value is -3.39. The molecule has 0 aliphatic rings. The summed E-state index contributed by atoms with van der Waals surface area (Å²) < 4.78 is 7.88. The van der Waals surface area contributed by atoms with Crippen molar-refractivity contribution >= 4 is 22.7 Å². The first-order valence-corrected chi connectivity index (χ1v) is 10.5. The summed E-state index contributed by atoms with van der Waals surface area (Å²) in [5, 5.41) is 9.88. The van der Waals surface area contributed by atoms with Gasteiger partial charge in [-0.1, -0.05) is 48.2 Å². The van der Waals surface area contributed by atoms with Crippen LogP contribution < -0.4 is 10.3 Å². The minimum atomic E-state index is -0.143. The predicted molar refractivity (Wildman–Crippen MR) is 118 cm³/mol. The molecule has 0 aliphatic heterocycles. The average molecular weight is 420 g/mol. The number of hydrogen-bond donors (Lipinski definition) is 1. The van der Waals surface area contributed by atoms with Crippen LogP contribution in [0.25, 0.3) is 10.9 Å². The van der Waals surface area contributed by atoms with Gasteiger partial charge in [-0.25, -0.2) is 4.98 Å². The second-order valence-corrected chi connectivity index (χ2v) is 7.61. The summed E-state index contributed by atoms with van der Waals surface area (Å²) in [6, 6.07) is 15.1. The lowest BCUT2D eigenvalue weighted by Crippen LogP contribution is -2.11. The highest BCUT2D eigenvalue weighted by atomic mass is 32.2. The third-order valence-corrected chi connectivity index (χ3v) is 5.53. The molecule has 0 spiro atoms. The zero-order valence-electron chi connectivity index (χ0n) is 16.5. The van der Waals surface area contributed by atoms with Crippen LogP contribution in [0.3, 0.4) is 0 Å². The van der Waals surface area contributed by atoms with Gasteiger partial charge in [-0.3, -0.25) is 9.36 Å². The Labute approximate surface area is 177 Å². The smallest absolute Gasteiger partial charge is 0.258 e. The van der Waals surface area contributed by atoms with Gasteiger partial charge in [0.1, 0.15) is 18.2 Å². The number of nitrogens with one attached hydrogen (secondary N) is 1. The van der Waals surface area contributed by atoms with Crippen molar-refractivity contribution in [2.24, 2.45) is 0 Å². The van der Waals surface area contributed by atoms with Crippen LogP contribution in [0.5, 0.6) is 5.75 Å². The van der Waals surface area contributed by atoms with Gasteiger partial charge in [-0.15, -0.1) is 16.8 Å². The van der Waals surface area contributed by atoms with E-state index in [1.165, 1.54) is 11.8 Å². The van der Waals surface area contributed by atoms with Gasteiger partial charge in [0, 0.05) is 6.54 Å². The predicted octanol–water partition coefficient (Wildman–Crippen LogP) is 3.88. The molecule has 2 aromatic heterocycles. The molecule has 0 aliphatic carbocycles. The second kappa shape index (κ2) is 8.96. The maximum atomic E-state index is 12.3. The lowest BCUT2D eigenvalue weighted by molar-refractivity contribution is 0.287. The van der Waals surface area contributed by atoms with Gasteiger partial charge in [0.25, 0.3) is 5.56 Å². The highest BCUT2D eigenvalue weighted by Gasteiger charge is 2.14. The second-order valence-electron chi connectivity index (χ2n) is 6.67. The molecule has 0 fully saturated rings. The van der Waals surface area contributed by atoms with Crippen molar-refractivity contribution in [3.8, 4) is 5.75 Å². The Morgan fingerprint density at radius 2 is 1.97 bits per heavy atom. The quantitative estimate of drug-likeness (QED) is 0.345. The number of thioether (sulfide) groups is 1. The number of ether oxygens (including phenoxy) is 1. The molecule has 152 valence electrons. The molecule has 0 radical (unpaired) electrons. The molecule has 0 bridgehead atoms. The summed E-state index contributed by atoms with van der Waals surface area (Å²) in [4.78, 5) is 19.6. The highest BCUT2D eigenvalue weighted by Crippen LogP contribution is 2.23. The van der Waals surface area contributed by atoms with E-state index in [0.717, 1.165) is 11.3 Å². The SMILES string of the molecule is C=CCn1c(COc2ccccc2C)nnc1SCc1nc2ccccc2c(=O)[nH]1. The van der Waals surface area contributed by atoms with Gasteiger partial charge < -0.3 is 9.72 Å². The van der Waals surface area contributed by atoms with Crippen LogP contribution >= 0.6 is 11.8 Å². The fourth-order valence-corrected chi connectivity index (χ4v) is 3.88. The third kappa shape index (κ3) is 4.28. The Balaban J connectivity index is 1.51. The standard InChI is InChI=1S/C22H21N5O2S/c1-3-12-27-20(13-29-18-11-7-4-8-15(18)2)25-26-22(27)30-14-19-23-17-10-6-5-9-16(17)21(28)24-19/h3-11H,1,12-14H2,2H3,(H,23,24,28). The molecule has 8 heteroatoms. The van der Waals surface area contributed by atoms with E-state index in [1.54, 1.807) is 12.1 Å². The summed E-state index contributed by atoms with van der Waals surface area (Å²) in [6.07, 6.45) is 1.79. The average Bonchev–Trinajstić information content (AvgIpc) is 3.13. The fourth-order valence-electron chi connectivity index (χ4n) is 3.04. The number of aryl methyl sites for hydroxylation is 1. The molecule has 0 saturated heterocycles. The number of benzene rings is 2. The first kappa shape index (κ1) is 19.9. The van der Waals surface area contributed by atoms with Crippen molar-refractivity contribution < 1.29 is 4.74 Å². The van der Waals surface area contributed by atoms with Crippen LogP contribution in [0, 0.1) is 6.92 Å². The fraction of sp³-hybridized carbons (Fsp3) is 0.182. The normalized spacial score (nSPS) is 11.0. The van der Waals surface area contributed by atoms with Crippen LogP contribution in [0.4, 0.5) is 0 Å². The van der Waals surface area contributed by atoms with Gasteiger partial charge in [0.15, 0.2) is 11.0 Å². The Morgan fingerprint density at radius 3 is 2.80 bits per heavy atom. The maximum absolute atomic E-state index is 12.3. The summed E-state index contributed by atoms with van der Waals surface area (Å²) >= 11 is 1.46. The molecular formula is C22H21N5O2S. The molecule has 0 unspecified atom stereocenters. The highest BCUT2D eigenvalue weighted by molar-refractivity contribution is 7.98. The number of aromatic nitrogens is 5. The zero-order valence-corrected chi connectivity index (χ0v) is 17.4. The van der Waals surface area contributed by atoms with Gasteiger partial charge in [0.05, 0.1) is 16.7 Å². The molecule has 0 saturated carbocycles. The summed E-state index contributed by atoms with van der Waals surface area (Å²) in [6.45, 7) is 6.69. The first-order valence-electron chi connectivity index (χ1n) is 9.48.